The van der Waals surface area contributed by atoms with Crippen molar-refractivity contribution in [2.75, 3.05) is 13.1 Å². The van der Waals surface area contributed by atoms with E-state index in [4.69, 9.17) is 0 Å². The van der Waals surface area contributed by atoms with Crippen molar-refractivity contribution in [1.29, 1.82) is 5.26 Å². The summed E-state index contributed by atoms with van der Waals surface area (Å²) in [7, 11) is -3.53. The number of benzene rings is 3. The van der Waals surface area contributed by atoms with Crippen molar-refractivity contribution in [3.05, 3.63) is 89.5 Å². The second-order valence-corrected chi connectivity index (χ2v) is 9.49. The van der Waals surface area contributed by atoms with Crippen molar-refractivity contribution in [3.8, 4) is 17.2 Å². The SMILES string of the molecule is CCN(CC)S(=O)(=O)c1ccc(C(C)NC(=O)c2ccccc2-c2ccccc2C#N)cc1. The van der Waals surface area contributed by atoms with E-state index >= 15 is 0 Å². The number of nitriles is 1. The fraction of sp³-hybridized carbons (Fsp3) is 0.231. The Morgan fingerprint density at radius 3 is 2.12 bits per heavy atom. The minimum atomic E-state index is -3.53. The Kier molecular flexibility index (Phi) is 7.64. The highest BCUT2D eigenvalue weighted by Gasteiger charge is 2.22. The van der Waals surface area contributed by atoms with E-state index in [9.17, 15) is 18.5 Å². The summed E-state index contributed by atoms with van der Waals surface area (Å²) >= 11 is 0. The average molecular weight is 462 g/mol. The van der Waals surface area contributed by atoms with Gasteiger partial charge in [-0.05, 0) is 42.3 Å². The number of sulfonamides is 1. The smallest absolute Gasteiger partial charge is 0.252 e. The van der Waals surface area contributed by atoms with Crippen LogP contribution in [0, 0.1) is 11.3 Å². The minimum absolute atomic E-state index is 0.229. The Hall–Kier alpha value is -3.47. The van der Waals surface area contributed by atoms with Crippen LogP contribution in [0.3, 0.4) is 0 Å². The average Bonchev–Trinajstić information content (AvgIpc) is 2.84. The van der Waals surface area contributed by atoms with E-state index in [0.717, 1.165) is 5.56 Å². The monoisotopic (exact) mass is 461 g/mol. The maximum Gasteiger partial charge on any atom is 0.252 e. The van der Waals surface area contributed by atoms with Gasteiger partial charge in [0.15, 0.2) is 0 Å². The topological polar surface area (TPSA) is 90.3 Å². The van der Waals surface area contributed by atoms with Gasteiger partial charge in [-0.25, -0.2) is 8.42 Å². The van der Waals surface area contributed by atoms with Crippen molar-refractivity contribution < 1.29 is 13.2 Å². The van der Waals surface area contributed by atoms with E-state index < -0.39 is 10.0 Å². The first-order valence-corrected chi connectivity index (χ1v) is 12.3. The molecule has 1 amide bonds. The van der Waals surface area contributed by atoms with E-state index in [1.54, 1.807) is 62.4 Å². The Bertz CT molecular complexity index is 1270. The molecule has 0 bridgehead atoms. The number of amides is 1. The number of carbonyl (C=O) groups excluding carboxylic acids is 1. The van der Waals surface area contributed by atoms with Gasteiger partial charge in [0.1, 0.15) is 0 Å². The third-order valence-electron chi connectivity index (χ3n) is 5.58. The second kappa shape index (κ2) is 10.4. The molecule has 7 heteroatoms. The molecule has 0 heterocycles. The van der Waals surface area contributed by atoms with Crippen LogP contribution in [0.2, 0.25) is 0 Å². The zero-order valence-electron chi connectivity index (χ0n) is 18.9. The lowest BCUT2D eigenvalue weighted by molar-refractivity contribution is 0.0940. The highest BCUT2D eigenvalue weighted by Crippen LogP contribution is 2.27. The predicted octanol–water partition coefficient (Wildman–Crippen LogP) is 4.75. The zero-order valence-corrected chi connectivity index (χ0v) is 19.8. The summed E-state index contributed by atoms with van der Waals surface area (Å²) < 4.78 is 26.8. The van der Waals surface area contributed by atoms with Crippen LogP contribution in [0.5, 0.6) is 0 Å². The second-order valence-electron chi connectivity index (χ2n) is 7.56. The molecule has 33 heavy (non-hydrogen) atoms. The Balaban J connectivity index is 1.83. The molecule has 0 saturated carbocycles. The quantitative estimate of drug-likeness (QED) is 0.524. The third-order valence-corrected chi connectivity index (χ3v) is 7.64. The molecule has 6 nitrogen and oxygen atoms in total. The molecule has 1 unspecified atom stereocenters. The molecule has 0 spiro atoms. The fourth-order valence-electron chi connectivity index (χ4n) is 3.73. The highest BCUT2D eigenvalue weighted by molar-refractivity contribution is 7.89. The van der Waals surface area contributed by atoms with E-state index in [2.05, 4.69) is 11.4 Å². The Labute approximate surface area is 195 Å². The number of rotatable bonds is 8. The first kappa shape index (κ1) is 24.2. The van der Waals surface area contributed by atoms with Gasteiger partial charge in [0.05, 0.1) is 22.6 Å². The van der Waals surface area contributed by atoms with Gasteiger partial charge in [-0.1, -0.05) is 62.4 Å². The molecule has 0 radical (unpaired) electrons. The maximum absolute atomic E-state index is 13.1. The van der Waals surface area contributed by atoms with Gasteiger partial charge >= 0.3 is 0 Å². The molecule has 0 aromatic heterocycles. The largest absolute Gasteiger partial charge is 0.345 e. The lowest BCUT2D eigenvalue weighted by Gasteiger charge is -2.20. The van der Waals surface area contributed by atoms with E-state index in [1.807, 2.05) is 31.2 Å². The van der Waals surface area contributed by atoms with Gasteiger partial charge in [0, 0.05) is 24.2 Å². The van der Waals surface area contributed by atoms with Crippen LogP contribution >= 0.6 is 0 Å². The predicted molar refractivity (Wildman–Crippen MR) is 129 cm³/mol. The lowest BCUT2D eigenvalue weighted by atomic mass is 9.95. The van der Waals surface area contributed by atoms with Crippen LogP contribution in [-0.2, 0) is 10.0 Å². The molecule has 0 fully saturated rings. The Morgan fingerprint density at radius 2 is 1.52 bits per heavy atom. The summed E-state index contributed by atoms with van der Waals surface area (Å²) in [6, 6.07) is 22.7. The zero-order chi connectivity index (χ0) is 24.0. The molecule has 3 aromatic rings. The number of nitrogens with one attached hydrogen (secondary N) is 1. The molecule has 3 aromatic carbocycles. The molecular formula is C26H27N3O3S. The van der Waals surface area contributed by atoms with Crippen LogP contribution in [-0.4, -0.2) is 31.7 Å². The molecule has 1 N–H and O–H groups in total. The third kappa shape index (κ3) is 5.14. The first-order chi connectivity index (χ1) is 15.8. The van der Waals surface area contributed by atoms with E-state index in [-0.39, 0.29) is 16.8 Å². The van der Waals surface area contributed by atoms with Crippen LogP contribution < -0.4 is 5.32 Å². The molecule has 0 saturated heterocycles. The standard InChI is InChI=1S/C26H27N3O3S/c1-4-29(5-2)33(31,32)22-16-14-20(15-17-22)19(3)28-26(30)25-13-9-8-12-24(25)23-11-7-6-10-21(23)18-27/h6-17,19H,4-5H2,1-3H3,(H,28,30). The fourth-order valence-corrected chi connectivity index (χ4v) is 5.19. The van der Waals surface area contributed by atoms with Crippen molar-refractivity contribution >= 4 is 15.9 Å². The summed E-state index contributed by atoms with van der Waals surface area (Å²) in [6.07, 6.45) is 0. The van der Waals surface area contributed by atoms with Gasteiger partial charge in [0.25, 0.3) is 5.91 Å². The molecule has 1 atom stereocenters. The van der Waals surface area contributed by atoms with Crippen LogP contribution in [0.25, 0.3) is 11.1 Å². The van der Waals surface area contributed by atoms with Gasteiger partial charge in [0.2, 0.25) is 10.0 Å². The molecule has 170 valence electrons. The summed E-state index contributed by atoms with van der Waals surface area (Å²) in [6.45, 7) is 6.26. The highest BCUT2D eigenvalue weighted by atomic mass is 32.2. The number of nitrogens with zero attached hydrogens (tertiary/aromatic N) is 2. The molecule has 0 aliphatic rings. The van der Waals surface area contributed by atoms with Crippen molar-refractivity contribution in [3.63, 3.8) is 0 Å². The van der Waals surface area contributed by atoms with Crippen molar-refractivity contribution in [2.45, 2.75) is 31.7 Å². The van der Waals surface area contributed by atoms with Crippen LogP contribution in [0.15, 0.2) is 77.7 Å². The number of carbonyl (C=O) groups is 1. The van der Waals surface area contributed by atoms with Gasteiger partial charge in [-0.2, -0.15) is 9.57 Å². The van der Waals surface area contributed by atoms with E-state index in [1.165, 1.54) is 4.31 Å². The maximum atomic E-state index is 13.1. The molecular weight excluding hydrogens is 434 g/mol. The number of hydrogen-bond donors (Lipinski definition) is 1. The van der Waals surface area contributed by atoms with Crippen LogP contribution in [0.4, 0.5) is 0 Å². The molecule has 0 aliphatic carbocycles. The van der Waals surface area contributed by atoms with Crippen molar-refractivity contribution in [2.24, 2.45) is 0 Å². The van der Waals surface area contributed by atoms with Gasteiger partial charge < -0.3 is 5.32 Å². The first-order valence-electron chi connectivity index (χ1n) is 10.8. The normalized spacial score (nSPS) is 12.2. The van der Waals surface area contributed by atoms with E-state index in [0.29, 0.717) is 35.3 Å². The number of hydrogen-bond acceptors (Lipinski definition) is 4. The summed E-state index contributed by atoms with van der Waals surface area (Å²) in [5, 5.41) is 12.4. The summed E-state index contributed by atoms with van der Waals surface area (Å²) in [4.78, 5) is 13.3. The minimum Gasteiger partial charge on any atom is -0.345 e. The van der Waals surface area contributed by atoms with Gasteiger partial charge in [-0.3, -0.25) is 4.79 Å². The Morgan fingerprint density at radius 1 is 0.939 bits per heavy atom. The summed E-state index contributed by atoms with van der Waals surface area (Å²) in [5.41, 5.74) is 3.13. The van der Waals surface area contributed by atoms with Gasteiger partial charge in [-0.15, -0.1) is 0 Å². The van der Waals surface area contributed by atoms with Crippen molar-refractivity contribution in [1.82, 2.24) is 9.62 Å². The summed E-state index contributed by atoms with van der Waals surface area (Å²) in [5.74, 6) is -0.273. The molecule has 3 rings (SSSR count). The lowest BCUT2D eigenvalue weighted by Crippen LogP contribution is -2.30. The molecule has 0 aliphatic heterocycles. The van der Waals surface area contributed by atoms with Crippen LogP contribution in [0.1, 0.15) is 48.3 Å².